The first kappa shape index (κ1) is 22.1. The van der Waals surface area contributed by atoms with Crippen molar-refractivity contribution in [3.8, 4) is 11.5 Å². The number of halogens is 1. The zero-order valence-electron chi connectivity index (χ0n) is 18.5. The Hall–Kier alpha value is -3.12. The van der Waals surface area contributed by atoms with Crippen molar-refractivity contribution in [1.29, 1.82) is 0 Å². The van der Waals surface area contributed by atoms with E-state index in [9.17, 15) is 0 Å². The molecule has 3 aromatic carbocycles. The summed E-state index contributed by atoms with van der Waals surface area (Å²) in [5, 5.41) is 4.80. The summed E-state index contributed by atoms with van der Waals surface area (Å²) < 4.78 is 12.6. The molecule has 0 aromatic heterocycles. The highest BCUT2D eigenvalue weighted by Crippen LogP contribution is 2.32. The molecule has 0 aliphatic carbocycles. The van der Waals surface area contributed by atoms with E-state index >= 15 is 0 Å². The van der Waals surface area contributed by atoms with Crippen molar-refractivity contribution in [2.75, 3.05) is 13.2 Å². The van der Waals surface area contributed by atoms with Gasteiger partial charge in [0.25, 0.3) is 0 Å². The van der Waals surface area contributed by atoms with Crippen LogP contribution in [0, 0.1) is 0 Å². The molecule has 1 heterocycles. The summed E-state index contributed by atoms with van der Waals surface area (Å²) in [7, 11) is 0. The van der Waals surface area contributed by atoms with Gasteiger partial charge in [-0.3, -0.25) is 5.43 Å². The minimum Gasteiger partial charge on any atom is -0.490 e. The van der Waals surface area contributed by atoms with Gasteiger partial charge in [0.15, 0.2) is 17.3 Å². The van der Waals surface area contributed by atoms with E-state index in [0.717, 1.165) is 44.7 Å². The van der Waals surface area contributed by atoms with E-state index in [0.29, 0.717) is 24.8 Å². The Bertz CT molecular complexity index is 1170. The number of amidine groups is 1. The van der Waals surface area contributed by atoms with Crippen LogP contribution in [-0.2, 0) is 6.42 Å². The third-order valence-corrected chi connectivity index (χ3v) is 5.69. The van der Waals surface area contributed by atoms with Crippen LogP contribution in [0.2, 0.25) is 0 Å². The van der Waals surface area contributed by atoms with Gasteiger partial charge in [-0.15, -0.1) is 0 Å². The maximum Gasteiger partial charge on any atom is 0.161 e. The fourth-order valence-electron chi connectivity index (χ4n) is 3.56. The molecule has 1 aliphatic heterocycles. The van der Waals surface area contributed by atoms with Gasteiger partial charge in [0.1, 0.15) is 5.71 Å². The lowest BCUT2D eigenvalue weighted by molar-refractivity contribution is 0.287. The van der Waals surface area contributed by atoms with E-state index < -0.39 is 0 Å². The summed E-state index contributed by atoms with van der Waals surface area (Å²) >= 11 is 3.49. The summed E-state index contributed by atoms with van der Waals surface area (Å²) in [6.45, 7) is 7.21. The zero-order chi connectivity index (χ0) is 22.5. The fourth-order valence-corrected chi connectivity index (χ4v) is 3.82. The number of nitrogens with one attached hydrogen (secondary N) is 1. The SMILES string of the molecule is CCOc1ccc(C2=NNC(c3ccc(Br)cc3)=Nc3ccc(CC)cc32)cc1OCC. The second-order valence-corrected chi connectivity index (χ2v) is 8.19. The average Bonchev–Trinajstić information content (AvgIpc) is 3.00. The Balaban J connectivity index is 1.83. The van der Waals surface area contributed by atoms with Crippen LogP contribution in [-0.4, -0.2) is 24.8 Å². The van der Waals surface area contributed by atoms with Crippen molar-refractivity contribution >= 4 is 33.2 Å². The van der Waals surface area contributed by atoms with Crippen molar-refractivity contribution in [2.24, 2.45) is 10.1 Å². The number of fused-ring (bicyclic) bond motifs is 1. The summed E-state index contributed by atoms with van der Waals surface area (Å²) in [5.74, 6) is 2.14. The third kappa shape index (κ3) is 4.70. The molecule has 0 amide bonds. The first-order chi connectivity index (χ1) is 15.6. The maximum absolute atomic E-state index is 5.85. The smallest absolute Gasteiger partial charge is 0.161 e. The molecule has 0 unspecified atom stereocenters. The Labute approximate surface area is 197 Å². The van der Waals surface area contributed by atoms with Gasteiger partial charge in [-0.1, -0.05) is 41.1 Å². The molecule has 5 nitrogen and oxygen atoms in total. The zero-order valence-corrected chi connectivity index (χ0v) is 20.1. The van der Waals surface area contributed by atoms with Gasteiger partial charge in [-0.2, -0.15) is 5.10 Å². The molecule has 6 heteroatoms. The molecule has 3 aromatic rings. The minimum absolute atomic E-state index is 0.557. The molecule has 1 N–H and O–H groups in total. The van der Waals surface area contributed by atoms with Crippen LogP contribution < -0.4 is 14.9 Å². The molecule has 164 valence electrons. The molecule has 0 radical (unpaired) electrons. The summed E-state index contributed by atoms with van der Waals surface area (Å²) in [6.07, 6.45) is 0.935. The molecule has 4 rings (SSSR count). The standard InChI is InChI=1S/C26H26BrN3O2/c1-4-17-7-13-22-21(15-17)25(19-10-14-23(31-5-2)24(16-19)32-6-3)29-30-26(28-22)18-8-11-20(27)12-9-18/h7-16H,4-6H2,1-3H3,(H,28,30). The van der Waals surface area contributed by atoms with Gasteiger partial charge in [0, 0.05) is 21.2 Å². The molecule has 32 heavy (non-hydrogen) atoms. The largest absolute Gasteiger partial charge is 0.490 e. The van der Waals surface area contributed by atoms with Crippen LogP contribution >= 0.6 is 15.9 Å². The van der Waals surface area contributed by atoms with Gasteiger partial charge in [-0.25, -0.2) is 4.99 Å². The molecule has 0 spiro atoms. The highest BCUT2D eigenvalue weighted by atomic mass is 79.9. The van der Waals surface area contributed by atoms with Crippen LogP contribution in [0.15, 0.2) is 75.2 Å². The van der Waals surface area contributed by atoms with Crippen LogP contribution in [0.5, 0.6) is 11.5 Å². The number of rotatable bonds is 7. The predicted molar refractivity (Wildman–Crippen MR) is 134 cm³/mol. The van der Waals surface area contributed by atoms with Crippen LogP contribution in [0.1, 0.15) is 43.0 Å². The van der Waals surface area contributed by atoms with E-state index in [1.165, 1.54) is 5.56 Å². The number of nitrogens with zero attached hydrogens (tertiary/aromatic N) is 2. The summed E-state index contributed by atoms with van der Waals surface area (Å²) in [5.41, 5.74) is 8.99. The third-order valence-electron chi connectivity index (χ3n) is 5.16. The van der Waals surface area contributed by atoms with Gasteiger partial charge >= 0.3 is 0 Å². The van der Waals surface area contributed by atoms with Crippen LogP contribution in [0.25, 0.3) is 0 Å². The van der Waals surface area contributed by atoms with Crippen LogP contribution in [0.3, 0.4) is 0 Å². The van der Waals surface area contributed by atoms with E-state index in [2.05, 4.69) is 46.5 Å². The first-order valence-electron chi connectivity index (χ1n) is 10.8. The molecule has 0 saturated carbocycles. The molecular formula is C26H26BrN3O2. The van der Waals surface area contributed by atoms with Gasteiger partial charge < -0.3 is 9.47 Å². The number of aliphatic imine (C=N–C) groups is 1. The lowest BCUT2D eigenvalue weighted by atomic mass is 9.97. The Morgan fingerprint density at radius 3 is 2.25 bits per heavy atom. The van der Waals surface area contributed by atoms with Crippen molar-refractivity contribution in [2.45, 2.75) is 27.2 Å². The normalized spacial score (nSPS) is 12.8. The topological polar surface area (TPSA) is 55.2 Å². The fraction of sp³-hybridized carbons (Fsp3) is 0.231. The molecule has 0 saturated heterocycles. The lowest BCUT2D eigenvalue weighted by Gasteiger charge is -2.14. The Kier molecular flexibility index (Phi) is 6.90. The minimum atomic E-state index is 0.557. The van der Waals surface area contributed by atoms with Gasteiger partial charge in [0.2, 0.25) is 0 Å². The summed E-state index contributed by atoms with van der Waals surface area (Å²) in [4.78, 5) is 4.92. The Morgan fingerprint density at radius 1 is 0.812 bits per heavy atom. The lowest BCUT2D eigenvalue weighted by Crippen LogP contribution is -2.19. The number of ether oxygens (including phenoxy) is 2. The number of hydrazone groups is 1. The van der Waals surface area contributed by atoms with E-state index in [1.54, 1.807) is 0 Å². The number of benzene rings is 3. The van der Waals surface area contributed by atoms with Gasteiger partial charge in [0.05, 0.1) is 18.9 Å². The van der Waals surface area contributed by atoms with Crippen molar-refractivity contribution in [3.05, 3.63) is 87.4 Å². The highest BCUT2D eigenvalue weighted by molar-refractivity contribution is 9.10. The van der Waals surface area contributed by atoms with Crippen molar-refractivity contribution < 1.29 is 9.47 Å². The van der Waals surface area contributed by atoms with Crippen molar-refractivity contribution in [1.82, 2.24) is 5.43 Å². The quantitative estimate of drug-likeness (QED) is 0.425. The molecular weight excluding hydrogens is 466 g/mol. The Morgan fingerprint density at radius 2 is 1.53 bits per heavy atom. The van der Waals surface area contributed by atoms with Crippen LogP contribution in [0.4, 0.5) is 5.69 Å². The number of hydrogen-bond acceptors (Lipinski definition) is 5. The predicted octanol–water partition coefficient (Wildman–Crippen LogP) is 6.24. The molecule has 1 aliphatic rings. The monoisotopic (exact) mass is 491 g/mol. The van der Waals surface area contributed by atoms with Gasteiger partial charge in [-0.05, 0) is 68.3 Å². The first-order valence-corrected chi connectivity index (χ1v) is 11.6. The second kappa shape index (κ2) is 10.0. The second-order valence-electron chi connectivity index (χ2n) is 7.27. The highest BCUT2D eigenvalue weighted by Gasteiger charge is 2.19. The van der Waals surface area contributed by atoms with E-state index in [1.807, 2.05) is 56.3 Å². The molecule has 0 bridgehead atoms. The average molecular weight is 492 g/mol. The number of aryl methyl sites for hydroxylation is 1. The molecule has 0 fully saturated rings. The number of hydrogen-bond donors (Lipinski definition) is 1. The van der Waals surface area contributed by atoms with Crippen molar-refractivity contribution in [3.63, 3.8) is 0 Å². The van der Waals surface area contributed by atoms with E-state index in [4.69, 9.17) is 19.6 Å². The maximum atomic E-state index is 5.85. The van der Waals surface area contributed by atoms with E-state index in [-0.39, 0.29) is 0 Å². The summed E-state index contributed by atoms with van der Waals surface area (Å²) in [6, 6.07) is 20.3. The molecule has 0 atom stereocenters.